The third kappa shape index (κ3) is 4.57. The van der Waals surface area contributed by atoms with Gasteiger partial charge in [0.05, 0.1) is 11.9 Å². The number of carbonyl (C=O) groups is 1. The molecule has 0 aliphatic rings. The summed E-state index contributed by atoms with van der Waals surface area (Å²) in [5, 5.41) is 11.8. The van der Waals surface area contributed by atoms with Gasteiger partial charge in [-0.25, -0.2) is 5.10 Å². The monoisotopic (exact) mass is 384 g/mol. The fraction of sp³-hybridized carbons (Fsp3) is 0.214. The normalized spacial score (nSPS) is 10.3. The van der Waals surface area contributed by atoms with Crippen molar-refractivity contribution in [3.05, 3.63) is 55.9 Å². The molecule has 0 unspecified atom stereocenters. The van der Waals surface area contributed by atoms with Crippen LogP contribution >= 0.6 is 27.5 Å². The predicted molar refractivity (Wildman–Crippen MR) is 89.4 cm³/mol. The highest BCUT2D eigenvalue weighted by molar-refractivity contribution is 9.10. The van der Waals surface area contributed by atoms with Crippen LogP contribution in [-0.2, 0) is 0 Å². The molecular formula is C14H14BrClN4O2. The van der Waals surface area contributed by atoms with Gasteiger partial charge in [0, 0.05) is 23.1 Å². The molecule has 8 heteroatoms. The quantitative estimate of drug-likeness (QED) is 0.667. The highest BCUT2D eigenvalue weighted by Crippen LogP contribution is 2.14. The minimum Gasteiger partial charge on any atom is -0.382 e. The summed E-state index contributed by atoms with van der Waals surface area (Å²) in [4.78, 5) is 23.1. The number of hydrogen-bond donors (Lipinski definition) is 3. The average molecular weight is 386 g/mol. The lowest BCUT2D eigenvalue weighted by molar-refractivity contribution is 0.0953. The zero-order chi connectivity index (χ0) is 15.9. The van der Waals surface area contributed by atoms with Gasteiger partial charge in [-0.1, -0.05) is 27.5 Å². The zero-order valence-electron chi connectivity index (χ0n) is 11.5. The molecule has 1 aromatic carbocycles. The van der Waals surface area contributed by atoms with E-state index in [2.05, 4.69) is 36.8 Å². The Morgan fingerprint density at radius 2 is 2.00 bits per heavy atom. The minimum atomic E-state index is -0.435. The summed E-state index contributed by atoms with van der Waals surface area (Å²) in [5.41, 5.74) is 0.651. The Morgan fingerprint density at radius 3 is 2.73 bits per heavy atom. The SMILES string of the molecule is O=C(NCCCNc1cn[nH]c(=O)c1Cl)c1ccc(Br)cc1. The Balaban J connectivity index is 1.73. The van der Waals surface area contributed by atoms with Crippen molar-refractivity contribution in [2.75, 3.05) is 18.4 Å². The first-order valence-electron chi connectivity index (χ1n) is 6.59. The molecule has 0 saturated heterocycles. The summed E-state index contributed by atoms with van der Waals surface area (Å²) in [6, 6.07) is 7.13. The largest absolute Gasteiger partial charge is 0.382 e. The molecule has 116 valence electrons. The number of carbonyl (C=O) groups excluding carboxylic acids is 1. The lowest BCUT2D eigenvalue weighted by Gasteiger charge is -2.08. The van der Waals surface area contributed by atoms with Crippen molar-refractivity contribution < 1.29 is 4.79 Å². The number of rotatable bonds is 6. The number of aromatic amines is 1. The van der Waals surface area contributed by atoms with Gasteiger partial charge in [0.25, 0.3) is 11.5 Å². The van der Waals surface area contributed by atoms with Crippen molar-refractivity contribution in [2.24, 2.45) is 0 Å². The molecule has 1 heterocycles. The molecule has 1 aromatic heterocycles. The standard InChI is InChI=1S/C14H14BrClN4O2/c15-10-4-2-9(3-5-10)13(21)18-7-1-6-17-11-8-19-20-14(22)12(11)16/h2-5,8H,1,6-7H2,(H,18,21)(H2,17,20,22). The van der Waals surface area contributed by atoms with Gasteiger partial charge >= 0.3 is 0 Å². The van der Waals surface area contributed by atoms with Crippen LogP contribution in [-0.4, -0.2) is 29.2 Å². The Hall–Kier alpha value is -1.86. The van der Waals surface area contributed by atoms with Crippen LogP contribution < -0.4 is 16.2 Å². The number of nitrogens with zero attached hydrogens (tertiary/aromatic N) is 1. The first-order chi connectivity index (χ1) is 10.6. The third-order valence-electron chi connectivity index (χ3n) is 2.86. The van der Waals surface area contributed by atoms with E-state index in [0.29, 0.717) is 30.8 Å². The van der Waals surface area contributed by atoms with Crippen LogP contribution in [0.5, 0.6) is 0 Å². The molecule has 0 bridgehead atoms. The maximum absolute atomic E-state index is 11.9. The van der Waals surface area contributed by atoms with Gasteiger partial charge in [0.2, 0.25) is 0 Å². The average Bonchev–Trinajstić information content (AvgIpc) is 2.51. The molecule has 2 aromatic rings. The predicted octanol–water partition coefficient (Wildman–Crippen LogP) is 2.42. The molecule has 0 atom stereocenters. The molecule has 0 spiro atoms. The lowest BCUT2D eigenvalue weighted by atomic mass is 10.2. The second-order valence-electron chi connectivity index (χ2n) is 4.47. The lowest BCUT2D eigenvalue weighted by Crippen LogP contribution is -2.25. The Labute approximate surface area is 140 Å². The summed E-state index contributed by atoms with van der Waals surface area (Å²) < 4.78 is 0.927. The number of benzene rings is 1. The maximum Gasteiger partial charge on any atom is 0.285 e. The minimum absolute atomic E-state index is 0.0777. The van der Waals surface area contributed by atoms with Crippen LogP contribution in [0, 0.1) is 0 Å². The van der Waals surface area contributed by atoms with Crippen LogP contribution in [0.25, 0.3) is 0 Å². The van der Waals surface area contributed by atoms with E-state index in [1.807, 2.05) is 12.1 Å². The number of hydrogen-bond acceptors (Lipinski definition) is 4. The molecule has 0 saturated carbocycles. The first-order valence-corrected chi connectivity index (χ1v) is 7.76. The summed E-state index contributed by atoms with van der Waals surface area (Å²) in [6.07, 6.45) is 2.13. The molecule has 0 fully saturated rings. The van der Waals surface area contributed by atoms with Crippen LogP contribution in [0.4, 0.5) is 5.69 Å². The van der Waals surface area contributed by atoms with E-state index in [-0.39, 0.29) is 10.9 Å². The molecule has 0 aliphatic heterocycles. The van der Waals surface area contributed by atoms with Crippen molar-refractivity contribution >= 4 is 39.1 Å². The van der Waals surface area contributed by atoms with E-state index in [1.165, 1.54) is 6.20 Å². The summed E-state index contributed by atoms with van der Waals surface area (Å²) in [7, 11) is 0. The van der Waals surface area contributed by atoms with E-state index in [1.54, 1.807) is 12.1 Å². The van der Waals surface area contributed by atoms with Crippen molar-refractivity contribution in [3.63, 3.8) is 0 Å². The van der Waals surface area contributed by atoms with E-state index in [9.17, 15) is 9.59 Å². The van der Waals surface area contributed by atoms with Crippen LogP contribution in [0.3, 0.4) is 0 Å². The van der Waals surface area contributed by atoms with Crippen LogP contribution in [0.2, 0.25) is 5.02 Å². The number of H-pyrrole nitrogens is 1. The van der Waals surface area contributed by atoms with Gasteiger partial charge in [-0.15, -0.1) is 0 Å². The Kier molecular flexibility index (Phi) is 5.97. The highest BCUT2D eigenvalue weighted by Gasteiger charge is 2.05. The van der Waals surface area contributed by atoms with Gasteiger partial charge in [-0.2, -0.15) is 5.10 Å². The highest BCUT2D eigenvalue weighted by atomic mass is 79.9. The van der Waals surface area contributed by atoms with Gasteiger partial charge in [-0.3, -0.25) is 9.59 Å². The number of anilines is 1. The van der Waals surface area contributed by atoms with E-state index >= 15 is 0 Å². The fourth-order valence-corrected chi connectivity index (χ4v) is 2.15. The summed E-state index contributed by atoms with van der Waals surface area (Å²) in [6.45, 7) is 1.07. The first kappa shape index (κ1) is 16.5. The fourth-order valence-electron chi connectivity index (χ4n) is 1.72. The maximum atomic E-state index is 11.9. The van der Waals surface area contributed by atoms with Gasteiger partial charge in [0.15, 0.2) is 0 Å². The number of halogens is 2. The topological polar surface area (TPSA) is 86.9 Å². The molecule has 0 aliphatic carbocycles. The Bertz CT molecular complexity index is 703. The number of amides is 1. The second kappa shape index (κ2) is 7.95. The molecule has 22 heavy (non-hydrogen) atoms. The molecule has 1 amide bonds. The number of nitrogens with one attached hydrogen (secondary N) is 3. The van der Waals surface area contributed by atoms with E-state index < -0.39 is 5.56 Å². The van der Waals surface area contributed by atoms with Crippen LogP contribution in [0.1, 0.15) is 16.8 Å². The van der Waals surface area contributed by atoms with Crippen molar-refractivity contribution in [1.82, 2.24) is 15.5 Å². The van der Waals surface area contributed by atoms with E-state index in [0.717, 1.165) is 4.47 Å². The van der Waals surface area contributed by atoms with Crippen molar-refractivity contribution in [2.45, 2.75) is 6.42 Å². The molecule has 6 nitrogen and oxygen atoms in total. The van der Waals surface area contributed by atoms with Gasteiger partial charge < -0.3 is 10.6 Å². The molecule has 3 N–H and O–H groups in total. The van der Waals surface area contributed by atoms with Crippen molar-refractivity contribution in [3.8, 4) is 0 Å². The third-order valence-corrected chi connectivity index (χ3v) is 3.76. The van der Waals surface area contributed by atoms with E-state index in [4.69, 9.17) is 11.6 Å². The second-order valence-corrected chi connectivity index (χ2v) is 5.76. The van der Waals surface area contributed by atoms with Gasteiger partial charge in [-0.05, 0) is 30.7 Å². The molecule has 0 radical (unpaired) electrons. The smallest absolute Gasteiger partial charge is 0.285 e. The summed E-state index contributed by atoms with van der Waals surface area (Å²) >= 11 is 9.15. The summed E-state index contributed by atoms with van der Waals surface area (Å²) in [5.74, 6) is -0.122. The Morgan fingerprint density at radius 1 is 1.27 bits per heavy atom. The van der Waals surface area contributed by atoms with Crippen molar-refractivity contribution in [1.29, 1.82) is 0 Å². The van der Waals surface area contributed by atoms with Gasteiger partial charge in [0.1, 0.15) is 5.02 Å². The zero-order valence-corrected chi connectivity index (χ0v) is 13.9. The molecule has 2 rings (SSSR count). The molecular weight excluding hydrogens is 372 g/mol. The van der Waals surface area contributed by atoms with Crippen LogP contribution in [0.15, 0.2) is 39.7 Å². The number of aromatic nitrogens is 2.